The number of halogens is 1. The van der Waals surface area contributed by atoms with Crippen LogP contribution in [0, 0.1) is 10.7 Å². The molecule has 0 atom stereocenters. The Morgan fingerprint density at radius 2 is 1.94 bits per heavy atom. The van der Waals surface area contributed by atoms with Crippen LogP contribution in [0.5, 0.6) is 0 Å². The molecule has 1 aromatic heterocycles. The van der Waals surface area contributed by atoms with Gasteiger partial charge in [-0.05, 0) is 36.0 Å². The second-order valence-corrected chi connectivity index (χ2v) is 4.08. The topological polar surface area (TPSA) is 28.9 Å². The maximum atomic E-state index is 13.6. The number of hydrogen-bond donors (Lipinski definition) is 1. The molecular weight excluding hydrogens is 237 g/mol. The molecule has 4 heteroatoms. The number of rotatable bonds is 1. The van der Waals surface area contributed by atoms with Crippen LogP contribution in [0.4, 0.5) is 4.39 Å². The summed E-state index contributed by atoms with van der Waals surface area (Å²) in [6.45, 7) is 0. The molecule has 0 aliphatic carbocycles. The quantitative estimate of drug-likeness (QED) is 0.648. The molecule has 3 rings (SSSR count). The van der Waals surface area contributed by atoms with Gasteiger partial charge in [0, 0.05) is 5.56 Å². The van der Waals surface area contributed by atoms with Crippen molar-refractivity contribution in [3.63, 3.8) is 0 Å². The predicted molar refractivity (Wildman–Crippen MR) is 66.8 cm³/mol. The average molecular weight is 245 g/mol. The van der Waals surface area contributed by atoms with E-state index in [9.17, 15) is 4.39 Å². The minimum Gasteiger partial charge on any atom is -0.429 e. The van der Waals surface area contributed by atoms with Gasteiger partial charge in [-0.2, -0.15) is 0 Å². The minimum atomic E-state index is -0.249. The van der Waals surface area contributed by atoms with E-state index < -0.39 is 0 Å². The summed E-state index contributed by atoms with van der Waals surface area (Å²) in [6.07, 6.45) is 0. The molecule has 1 N–H and O–H groups in total. The highest BCUT2D eigenvalue weighted by Gasteiger charge is 2.06. The van der Waals surface area contributed by atoms with Gasteiger partial charge < -0.3 is 9.40 Å². The third kappa shape index (κ3) is 1.76. The zero-order valence-corrected chi connectivity index (χ0v) is 9.55. The van der Waals surface area contributed by atoms with Crippen LogP contribution in [-0.4, -0.2) is 4.98 Å². The fourth-order valence-corrected chi connectivity index (χ4v) is 2.01. The van der Waals surface area contributed by atoms with E-state index in [0.29, 0.717) is 16.0 Å². The Morgan fingerprint density at radius 1 is 1.12 bits per heavy atom. The number of fused-ring (bicyclic) bond motifs is 1. The van der Waals surface area contributed by atoms with Gasteiger partial charge in [0.15, 0.2) is 5.58 Å². The molecule has 0 radical (unpaired) electrons. The summed E-state index contributed by atoms with van der Waals surface area (Å²) >= 11 is 4.90. The lowest BCUT2D eigenvalue weighted by molar-refractivity contribution is 0.583. The van der Waals surface area contributed by atoms with E-state index in [-0.39, 0.29) is 5.82 Å². The van der Waals surface area contributed by atoms with Crippen molar-refractivity contribution in [3.8, 4) is 11.1 Å². The minimum absolute atomic E-state index is 0.249. The van der Waals surface area contributed by atoms with Crippen LogP contribution in [0.25, 0.3) is 22.2 Å². The lowest BCUT2D eigenvalue weighted by Gasteiger charge is -2.02. The second-order valence-electron chi connectivity index (χ2n) is 3.71. The maximum Gasteiger partial charge on any atom is 0.266 e. The molecule has 17 heavy (non-hydrogen) atoms. The summed E-state index contributed by atoms with van der Waals surface area (Å²) in [5.41, 5.74) is 2.77. The highest BCUT2D eigenvalue weighted by atomic mass is 32.1. The lowest BCUT2D eigenvalue weighted by Crippen LogP contribution is -1.82. The fourth-order valence-electron chi connectivity index (χ4n) is 1.81. The van der Waals surface area contributed by atoms with Gasteiger partial charge in [-0.1, -0.05) is 24.3 Å². The molecule has 2 aromatic carbocycles. The number of H-pyrrole nitrogens is 1. The second kappa shape index (κ2) is 3.82. The van der Waals surface area contributed by atoms with Crippen LogP contribution in [-0.2, 0) is 0 Å². The summed E-state index contributed by atoms with van der Waals surface area (Å²) in [4.78, 5) is 3.23. The van der Waals surface area contributed by atoms with Gasteiger partial charge in [0.1, 0.15) is 5.82 Å². The zero-order chi connectivity index (χ0) is 11.8. The summed E-state index contributed by atoms with van der Waals surface area (Å²) < 4.78 is 18.9. The van der Waals surface area contributed by atoms with E-state index in [1.807, 2.05) is 12.1 Å². The first kappa shape index (κ1) is 10.2. The summed E-state index contributed by atoms with van der Waals surface area (Å²) in [6, 6.07) is 12.1. The van der Waals surface area contributed by atoms with Crippen molar-refractivity contribution in [1.29, 1.82) is 0 Å². The van der Waals surface area contributed by atoms with E-state index in [0.717, 1.165) is 11.1 Å². The molecule has 0 spiro atoms. The van der Waals surface area contributed by atoms with Crippen LogP contribution in [0.3, 0.4) is 0 Å². The van der Waals surface area contributed by atoms with Gasteiger partial charge >= 0.3 is 0 Å². The van der Waals surface area contributed by atoms with Crippen molar-refractivity contribution >= 4 is 23.3 Å². The smallest absolute Gasteiger partial charge is 0.266 e. The van der Waals surface area contributed by atoms with Crippen LogP contribution < -0.4 is 0 Å². The molecule has 1 heterocycles. The predicted octanol–water partition coefficient (Wildman–Crippen LogP) is 4.30. The molecule has 0 saturated heterocycles. The standard InChI is InChI=1S/C13H8FNOS/c14-10-4-2-1-3-9(10)8-5-6-11-12(7-8)16-13(17)15-11/h1-7H,(H,15,17). The van der Waals surface area contributed by atoms with Crippen molar-refractivity contribution in [2.24, 2.45) is 0 Å². The molecule has 0 saturated carbocycles. The SMILES string of the molecule is Fc1ccccc1-c1ccc2[nH]c(=S)oc2c1. The molecule has 2 nitrogen and oxygen atoms in total. The normalized spacial score (nSPS) is 10.9. The molecule has 3 aromatic rings. The van der Waals surface area contributed by atoms with Gasteiger partial charge in [0.05, 0.1) is 5.52 Å². The van der Waals surface area contributed by atoms with Crippen LogP contribution in [0.15, 0.2) is 46.9 Å². The van der Waals surface area contributed by atoms with E-state index in [4.69, 9.17) is 16.6 Å². The fraction of sp³-hybridized carbons (Fsp3) is 0. The van der Waals surface area contributed by atoms with Crippen LogP contribution in [0.2, 0.25) is 0 Å². The van der Waals surface area contributed by atoms with E-state index in [1.54, 1.807) is 24.3 Å². The molecule has 0 unspecified atom stereocenters. The lowest BCUT2D eigenvalue weighted by atomic mass is 10.1. The molecule has 0 bridgehead atoms. The Labute approximate surface area is 102 Å². The van der Waals surface area contributed by atoms with Gasteiger partial charge in [-0.3, -0.25) is 0 Å². The zero-order valence-electron chi connectivity index (χ0n) is 8.74. The Morgan fingerprint density at radius 3 is 2.76 bits per heavy atom. The van der Waals surface area contributed by atoms with E-state index in [1.165, 1.54) is 6.07 Å². The van der Waals surface area contributed by atoms with Gasteiger partial charge in [0.25, 0.3) is 4.84 Å². The first-order valence-electron chi connectivity index (χ1n) is 5.12. The Kier molecular flexibility index (Phi) is 2.30. The van der Waals surface area contributed by atoms with Crippen molar-refractivity contribution < 1.29 is 8.81 Å². The third-order valence-corrected chi connectivity index (χ3v) is 2.79. The van der Waals surface area contributed by atoms with Gasteiger partial charge in [0.2, 0.25) is 0 Å². The number of aromatic amines is 1. The van der Waals surface area contributed by atoms with Crippen LogP contribution in [0.1, 0.15) is 0 Å². The van der Waals surface area contributed by atoms with Crippen molar-refractivity contribution in [1.82, 2.24) is 4.98 Å². The number of nitrogens with one attached hydrogen (secondary N) is 1. The van der Waals surface area contributed by atoms with Crippen molar-refractivity contribution in [3.05, 3.63) is 53.1 Å². The molecule has 84 valence electrons. The van der Waals surface area contributed by atoms with E-state index >= 15 is 0 Å². The number of hydrogen-bond acceptors (Lipinski definition) is 2. The monoisotopic (exact) mass is 245 g/mol. The molecule has 0 amide bonds. The Hall–Kier alpha value is -1.94. The summed E-state index contributed by atoms with van der Waals surface area (Å²) in [5, 5.41) is 0. The number of benzene rings is 2. The molecule has 0 aliphatic heterocycles. The Bertz CT molecular complexity index is 744. The van der Waals surface area contributed by atoms with Gasteiger partial charge in [-0.25, -0.2) is 4.39 Å². The van der Waals surface area contributed by atoms with Crippen LogP contribution >= 0.6 is 12.2 Å². The highest BCUT2D eigenvalue weighted by Crippen LogP contribution is 2.26. The molecule has 0 aliphatic rings. The third-order valence-electron chi connectivity index (χ3n) is 2.61. The summed E-state index contributed by atoms with van der Waals surface area (Å²) in [5.74, 6) is -0.249. The van der Waals surface area contributed by atoms with Crippen molar-refractivity contribution in [2.75, 3.05) is 0 Å². The largest absolute Gasteiger partial charge is 0.429 e. The highest BCUT2D eigenvalue weighted by molar-refractivity contribution is 7.71. The van der Waals surface area contributed by atoms with Gasteiger partial charge in [-0.15, -0.1) is 0 Å². The first-order valence-corrected chi connectivity index (χ1v) is 5.52. The number of aromatic nitrogens is 1. The molecule has 0 fully saturated rings. The first-order chi connectivity index (χ1) is 8.24. The average Bonchev–Trinajstić information content (AvgIpc) is 2.68. The molecular formula is C13H8FNOS. The Balaban J connectivity index is 2.24. The van der Waals surface area contributed by atoms with Crippen molar-refractivity contribution in [2.45, 2.75) is 0 Å². The number of oxazole rings is 1. The van der Waals surface area contributed by atoms with E-state index in [2.05, 4.69) is 4.98 Å². The summed E-state index contributed by atoms with van der Waals surface area (Å²) in [7, 11) is 0. The maximum absolute atomic E-state index is 13.6.